The number of phenolic OH excluding ortho intramolecular Hbond substituents is 1. The maximum Gasteiger partial charge on any atom is 0.326 e. The number of likely N-dealkylation sites (tertiary alicyclic amines) is 1. The lowest BCUT2D eigenvalue weighted by molar-refractivity contribution is -0.144. The molecule has 1 aliphatic rings. The number of aromatic nitrogens is 1. The van der Waals surface area contributed by atoms with E-state index in [4.69, 9.17) is 5.73 Å². The molecule has 11 N–H and O–H groups in total. The summed E-state index contributed by atoms with van der Waals surface area (Å²) in [6.45, 7) is 4.16. The van der Waals surface area contributed by atoms with Crippen molar-refractivity contribution >= 4 is 64.1 Å². The molecule has 19 heteroatoms. The van der Waals surface area contributed by atoms with Crippen LogP contribution in [0.3, 0.4) is 0 Å². The highest BCUT2D eigenvalue weighted by Crippen LogP contribution is 2.21. The van der Waals surface area contributed by atoms with E-state index < -0.39 is 96.2 Å². The number of para-hydroxylation sites is 1. The fourth-order valence-corrected chi connectivity index (χ4v) is 7.39. The number of aliphatic hydroxyl groups excluding tert-OH is 1. The third-order valence-electron chi connectivity index (χ3n) is 10.3. The first-order chi connectivity index (χ1) is 28.5. The number of carbonyl (C=O) groups is 7. The molecule has 6 amide bonds. The maximum absolute atomic E-state index is 13.9. The number of rotatable bonds is 21. The van der Waals surface area contributed by atoms with Crippen LogP contribution in [0, 0.1) is 5.92 Å². The second-order valence-corrected chi connectivity index (χ2v) is 16.2. The minimum Gasteiger partial charge on any atom is -0.508 e. The second kappa shape index (κ2) is 22.1. The van der Waals surface area contributed by atoms with E-state index in [1.807, 2.05) is 24.3 Å². The van der Waals surface area contributed by atoms with Crippen LogP contribution in [0.5, 0.6) is 5.75 Å². The highest BCUT2D eigenvalue weighted by atomic mass is 32.2. The number of aromatic hydroxyl groups is 1. The van der Waals surface area contributed by atoms with E-state index in [0.717, 1.165) is 16.5 Å². The highest BCUT2D eigenvalue weighted by Gasteiger charge is 2.39. The van der Waals surface area contributed by atoms with Crippen molar-refractivity contribution in [3.8, 4) is 5.75 Å². The molecule has 1 aromatic heterocycles. The molecule has 3 aromatic rings. The summed E-state index contributed by atoms with van der Waals surface area (Å²) in [7, 11) is 0. The number of fused-ring (bicyclic) bond motifs is 1. The first kappa shape index (κ1) is 47.0. The predicted octanol–water partition coefficient (Wildman–Crippen LogP) is -0.0931. The molecule has 2 heterocycles. The van der Waals surface area contributed by atoms with E-state index in [1.165, 1.54) is 35.7 Å². The number of hydrogen-bond acceptors (Lipinski definition) is 11. The van der Waals surface area contributed by atoms with Gasteiger partial charge in [0.05, 0.1) is 12.6 Å². The number of nitrogens with zero attached hydrogens (tertiary/aromatic N) is 1. The molecule has 1 aliphatic heterocycles. The Hall–Kier alpha value is -5.66. The van der Waals surface area contributed by atoms with Crippen molar-refractivity contribution < 1.29 is 48.9 Å². The number of carboxylic acid groups (broad SMARTS) is 1. The van der Waals surface area contributed by atoms with Crippen molar-refractivity contribution in [2.45, 2.75) is 95.2 Å². The second-order valence-electron chi connectivity index (χ2n) is 15.2. The molecule has 0 spiro atoms. The number of amides is 6. The van der Waals surface area contributed by atoms with Gasteiger partial charge in [-0.15, -0.1) is 0 Å². The fraction of sp³-hybridized carbons (Fsp3) is 0.488. The third-order valence-corrected chi connectivity index (χ3v) is 11.0. The zero-order chi connectivity index (χ0) is 44.1. The summed E-state index contributed by atoms with van der Waals surface area (Å²) in [6, 6.07) is 5.35. The number of aliphatic hydroxyl groups is 1. The van der Waals surface area contributed by atoms with Crippen LogP contribution in [0.2, 0.25) is 0 Å². The number of hydrogen-bond donors (Lipinski definition) is 10. The van der Waals surface area contributed by atoms with E-state index in [1.54, 1.807) is 38.4 Å². The number of aromatic amines is 1. The molecule has 4 rings (SSSR count). The van der Waals surface area contributed by atoms with E-state index in [-0.39, 0.29) is 38.0 Å². The lowest BCUT2D eigenvalue weighted by atomic mass is 9.99. The van der Waals surface area contributed by atoms with Gasteiger partial charge in [-0.1, -0.05) is 44.2 Å². The smallest absolute Gasteiger partial charge is 0.326 e. The minimum absolute atomic E-state index is 0.00561. The highest BCUT2D eigenvalue weighted by molar-refractivity contribution is 7.98. The molecule has 1 fully saturated rings. The molecule has 18 nitrogen and oxygen atoms in total. The van der Waals surface area contributed by atoms with Crippen molar-refractivity contribution in [1.82, 2.24) is 36.5 Å². The van der Waals surface area contributed by atoms with Crippen LogP contribution >= 0.6 is 11.8 Å². The normalized spacial score (nSPS) is 16.9. The van der Waals surface area contributed by atoms with E-state index in [2.05, 4.69) is 31.6 Å². The predicted molar refractivity (Wildman–Crippen MR) is 224 cm³/mol. The number of carbonyl (C=O) groups excluding carboxylic acids is 6. The topological polar surface area (TPSA) is 285 Å². The van der Waals surface area contributed by atoms with Gasteiger partial charge < -0.3 is 57.5 Å². The number of thioether (sulfide) groups is 1. The van der Waals surface area contributed by atoms with Crippen LogP contribution in [0.4, 0.5) is 0 Å². The van der Waals surface area contributed by atoms with Gasteiger partial charge in [-0.2, -0.15) is 11.8 Å². The molecule has 1 saturated heterocycles. The quantitative estimate of drug-likeness (QED) is 0.0673. The summed E-state index contributed by atoms with van der Waals surface area (Å²) >= 11 is 1.39. The van der Waals surface area contributed by atoms with Gasteiger partial charge in [0.2, 0.25) is 35.4 Å². The number of benzene rings is 2. The van der Waals surface area contributed by atoms with Crippen molar-refractivity contribution in [3.05, 3.63) is 65.9 Å². The summed E-state index contributed by atoms with van der Waals surface area (Å²) in [4.78, 5) is 97.0. The van der Waals surface area contributed by atoms with Gasteiger partial charge in [-0.3, -0.25) is 28.8 Å². The molecule has 2 aromatic carbocycles. The Labute approximate surface area is 352 Å². The van der Waals surface area contributed by atoms with Gasteiger partial charge in [0.25, 0.3) is 0 Å². The summed E-state index contributed by atoms with van der Waals surface area (Å²) in [5, 5.41) is 42.9. The summed E-state index contributed by atoms with van der Waals surface area (Å²) in [5.74, 6) is -5.52. The first-order valence-electron chi connectivity index (χ1n) is 19.8. The summed E-state index contributed by atoms with van der Waals surface area (Å²) < 4.78 is 0. The summed E-state index contributed by atoms with van der Waals surface area (Å²) in [6.07, 6.45) is 4.52. The Kier molecular flexibility index (Phi) is 17.3. The molecular formula is C41H56N8O10S. The molecule has 0 saturated carbocycles. The Balaban J connectivity index is 1.41. The lowest BCUT2D eigenvalue weighted by Gasteiger charge is -2.30. The van der Waals surface area contributed by atoms with Crippen molar-refractivity contribution in [1.29, 1.82) is 0 Å². The van der Waals surface area contributed by atoms with Crippen LogP contribution in [0.25, 0.3) is 10.9 Å². The third kappa shape index (κ3) is 12.7. The molecule has 60 heavy (non-hydrogen) atoms. The Bertz CT molecular complexity index is 1990. The van der Waals surface area contributed by atoms with Crippen molar-refractivity contribution in [2.24, 2.45) is 11.7 Å². The number of H-pyrrole nitrogens is 1. The minimum atomic E-state index is -1.48. The van der Waals surface area contributed by atoms with Crippen LogP contribution in [-0.2, 0) is 46.4 Å². The fourth-order valence-electron chi connectivity index (χ4n) is 6.92. The van der Waals surface area contributed by atoms with Crippen molar-refractivity contribution in [2.75, 3.05) is 25.2 Å². The SMILES string of the molecule is CSCC[C@H](NC(=O)[C@H](CO)NC(=O)[C@@H]1CCCN1C(=O)[C@H](C)NC(=O)[C@@H](NC(=O)[C@H](Cc1ccc(O)cc1)NC(=O)[C@@H](N)Cc1c[nH]c2ccccc12)C(C)C)C(=O)O. The van der Waals surface area contributed by atoms with Gasteiger partial charge in [0.1, 0.15) is 42.0 Å². The van der Waals surface area contributed by atoms with Crippen LogP contribution in [0.15, 0.2) is 54.7 Å². The monoisotopic (exact) mass is 852 g/mol. The number of aliphatic carboxylic acids is 1. The maximum atomic E-state index is 13.9. The standard InChI is InChI=1S/C41H56N8O10S/c1-22(2)34(39(56)44-23(3)40(57)49-16-7-10-33(49)38(55)47-32(21-50)37(54)45-30(41(58)59)15-17-60-4)48-36(53)31(18-24-11-13-26(51)14-12-24)46-35(52)28(42)19-25-20-43-29-9-6-5-8-27(25)29/h5-6,8-9,11-14,20,22-23,28,30-34,43,50-51H,7,10,15-19,21,42H2,1-4H3,(H,44,56)(H,45,54)(H,46,52)(H,47,55)(H,48,53)(H,58,59)/t23-,28-,30-,31-,32-,33-,34-/m0/s1. The van der Waals surface area contributed by atoms with Gasteiger partial charge >= 0.3 is 5.97 Å². The van der Waals surface area contributed by atoms with Gasteiger partial charge in [0.15, 0.2) is 0 Å². The van der Waals surface area contributed by atoms with Gasteiger partial charge in [-0.05, 0) is 79.9 Å². The Morgan fingerprint density at radius 2 is 1.52 bits per heavy atom. The van der Waals surface area contributed by atoms with Gasteiger partial charge in [0, 0.05) is 30.1 Å². The molecule has 0 aliphatic carbocycles. The average Bonchev–Trinajstić information content (AvgIpc) is 3.88. The zero-order valence-electron chi connectivity index (χ0n) is 34.1. The number of nitrogens with two attached hydrogens (primary N) is 1. The number of nitrogens with one attached hydrogen (secondary N) is 6. The molecule has 0 unspecified atom stereocenters. The first-order valence-corrected chi connectivity index (χ1v) is 21.2. The zero-order valence-corrected chi connectivity index (χ0v) is 34.9. The Morgan fingerprint density at radius 3 is 2.17 bits per heavy atom. The largest absolute Gasteiger partial charge is 0.508 e. The molecule has 7 atom stereocenters. The van der Waals surface area contributed by atoms with E-state index >= 15 is 0 Å². The molecule has 0 bridgehead atoms. The molecular weight excluding hydrogens is 797 g/mol. The number of carboxylic acids is 1. The number of phenols is 1. The summed E-state index contributed by atoms with van der Waals surface area (Å²) in [5.41, 5.74) is 8.65. The molecule has 326 valence electrons. The van der Waals surface area contributed by atoms with Gasteiger partial charge in [-0.25, -0.2) is 4.79 Å². The Morgan fingerprint density at radius 1 is 0.850 bits per heavy atom. The lowest BCUT2D eigenvalue weighted by Crippen LogP contribution is -2.60. The van der Waals surface area contributed by atoms with Crippen LogP contribution in [-0.4, -0.2) is 134 Å². The average molecular weight is 853 g/mol. The van der Waals surface area contributed by atoms with E-state index in [0.29, 0.717) is 17.7 Å². The van der Waals surface area contributed by atoms with Crippen LogP contribution < -0.4 is 32.3 Å². The van der Waals surface area contributed by atoms with E-state index in [9.17, 15) is 48.9 Å². The van der Waals surface area contributed by atoms with Crippen LogP contribution in [0.1, 0.15) is 51.2 Å². The van der Waals surface area contributed by atoms with Crippen molar-refractivity contribution in [3.63, 3.8) is 0 Å². The molecule has 0 radical (unpaired) electrons.